The van der Waals surface area contributed by atoms with Crippen molar-refractivity contribution in [3.63, 3.8) is 0 Å². The second-order valence-electron chi connectivity index (χ2n) is 7.22. The molecule has 1 aromatic carbocycles. The molecule has 0 radical (unpaired) electrons. The van der Waals surface area contributed by atoms with Gasteiger partial charge in [-0.3, -0.25) is 4.79 Å². The molecule has 5 nitrogen and oxygen atoms in total. The molecule has 1 saturated heterocycles. The second-order valence-corrected chi connectivity index (χ2v) is 7.22. The Hall–Kier alpha value is -2.02. The van der Waals surface area contributed by atoms with Crippen LogP contribution in [0.25, 0.3) is 0 Å². The Kier molecular flexibility index (Phi) is 5.77. The summed E-state index contributed by atoms with van der Waals surface area (Å²) in [6.45, 7) is 8.48. The van der Waals surface area contributed by atoms with Gasteiger partial charge in [0, 0.05) is 31.7 Å². The van der Waals surface area contributed by atoms with Crippen LogP contribution in [0.4, 0.5) is 14.5 Å². The Morgan fingerprint density at radius 1 is 1.28 bits per heavy atom. The first-order chi connectivity index (χ1) is 11.6. The van der Waals surface area contributed by atoms with Crippen molar-refractivity contribution in [1.82, 2.24) is 5.32 Å². The lowest BCUT2D eigenvalue weighted by molar-refractivity contribution is -0.146. The zero-order chi connectivity index (χ0) is 18.8. The van der Waals surface area contributed by atoms with Gasteiger partial charge in [0.2, 0.25) is 0 Å². The van der Waals surface area contributed by atoms with Crippen molar-refractivity contribution in [2.75, 3.05) is 24.5 Å². The van der Waals surface area contributed by atoms with Crippen LogP contribution in [0.15, 0.2) is 12.1 Å². The highest BCUT2D eigenvalue weighted by atomic mass is 19.1. The molecular formula is C18H24F2N2O3. The van der Waals surface area contributed by atoms with Gasteiger partial charge in [0.25, 0.3) is 0 Å². The SMILES string of the molecule is CCC1CN(c2cc(F)c(C(=O)OC(=O)C(C)(C)C)cc2F)CCN1. The molecule has 1 N–H and O–H groups in total. The van der Waals surface area contributed by atoms with Crippen LogP contribution in [0.2, 0.25) is 0 Å². The molecule has 0 aromatic heterocycles. The van der Waals surface area contributed by atoms with Crippen molar-refractivity contribution in [2.24, 2.45) is 5.41 Å². The van der Waals surface area contributed by atoms with Gasteiger partial charge in [0.05, 0.1) is 16.7 Å². The predicted molar refractivity (Wildman–Crippen MR) is 90.5 cm³/mol. The molecule has 0 saturated carbocycles. The molecule has 2 rings (SSSR count). The quantitative estimate of drug-likeness (QED) is 0.668. The molecule has 0 spiro atoms. The maximum Gasteiger partial charge on any atom is 0.348 e. The van der Waals surface area contributed by atoms with E-state index in [1.807, 2.05) is 6.92 Å². The van der Waals surface area contributed by atoms with E-state index in [9.17, 15) is 18.4 Å². The highest BCUT2D eigenvalue weighted by Gasteiger charge is 2.29. The van der Waals surface area contributed by atoms with Crippen LogP contribution < -0.4 is 10.2 Å². The van der Waals surface area contributed by atoms with Gasteiger partial charge in [-0.2, -0.15) is 0 Å². The number of carbonyl (C=O) groups excluding carboxylic acids is 2. The lowest BCUT2D eigenvalue weighted by Crippen LogP contribution is -2.50. The average molecular weight is 354 g/mol. The summed E-state index contributed by atoms with van der Waals surface area (Å²) in [5, 5.41) is 3.30. The van der Waals surface area contributed by atoms with Gasteiger partial charge in [-0.15, -0.1) is 0 Å². The third kappa shape index (κ3) is 4.54. The fourth-order valence-electron chi connectivity index (χ4n) is 2.55. The van der Waals surface area contributed by atoms with E-state index >= 15 is 0 Å². The first-order valence-corrected chi connectivity index (χ1v) is 8.37. The van der Waals surface area contributed by atoms with Crippen LogP contribution in [0, 0.1) is 17.0 Å². The number of anilines is 1. The lowest BCUT2D eigenvalue weighted by atomic mass is 9.97. The summed E-state index contributed by atoms with van der Waals surface area (Å²) in [5.41, 5.74) is -1.39. The fraction of sp³-hybridized carbons (Fsp3) is 0.556. The number of hydrogen-bond acceptors (Lipinski definition) is 5. The topological polar surface area (TPSA) is 58.6 Å². The highest BCUT2D eigenvalue weighted by Crippen LogP contribution is 2.26. The number of halogens is 2. The van der Waals surface area contributed by atoms with E-state index in [0.29, 0.717) is 19.6 Å². The van der Waals surface area contributed by atoms with Crippen LogP contribution in [0.1, 0.15) is 44.5 Å². The summed E-state index contributed by atoms with van der Waals surface area (Å²) in [7, 11) is 0. The van der Waals surface area contributed by atoms with Crippen LogP contribution in [0.3, 0.4) is 0 Å². The number of benzene rings is 1. The monoisotopic (exact) mass is 354 g/mol. The van der Waals surface area contributed by atoms with Crippen molar-refractivity contribution >= 4 is 17.6 Å². The molecule has 138 valence electrons. The molecule has 0 amide bonds. The maximum atomic E-state index is 14.5. The number of hydrogen-bond donors (Lipinski definition) is 1. The van der Waals surface area contributed by atoms with Crippen LogP contribution in [-0.4, -0.2) is 37.6 Å². The van der Waals surface area contributed by atoms with Gasteiger partial charge in [-0.25, -0.2) is 13.6 Å². The van der Waals surface area contributed by atoms with E-state index in [2.05, 4.69) is 10.1 Å². The molecule has 1 heterocycles. The van der Waals surface area contributed by atoms with Gasteiger partial charge in [-0.05, 0) is 33.3 Å². The number of esters is 2. The normalized spacial score (nSPS) is 18.2. The third-order valence-corrected chi connectivity index (χ3v) is 4.14. The van der Waals surface area contributed by atoms with Crippen molar-refractivity contribution in [1.29, 1.82) is 0 Å². The van der Waals surface area contributed by atoms with Gasteiger partial charge in [0.15, 0.2) is 0 Å². The van der Waals surface area contributed by atoms with Gasteiger partial charge >= 0.3 is 11.9 Å². The first kappa shape index (κ1) is 19.3. The van der Waals surface area contributed by atoms with E-state index < -0.39 is 34.6 Å². The number of piperazine rings is 1. The first-order valence-electron chi connectivity index (χ1n) is 8.37. The molecule has 1 unspecified atom stereocenters. The molecule has 25 heavy (non-hydrogen) atoms. The smallest absolute Gasteiger partial charge is 0.348 e. The Bertz CT molecular complexity index is 671. The van der Waals surface area contributed by atoms with Gasteiger partial charge < -0.3 is 15.0 Å². The van der Waals surface area contributed by atoms with E-state index in [0.717, 1.165) is 18.6 Å². The minimum Gasteiger partial charge on any atom is -0.389 e. The second kappa shape index (κ2) is 7.47. The zero-order valence-electron chi connectivity index (χ0n) is 15.0. The minimum atomic E-state index is -1.19. The number of nitrogens with one attached hydrogen (secondary N) is 1. The summed E-state index contributed by atoms with van der Waals surface area (Å²) < 4.78 is 33.4. The summed E-state index contributed by atoms with van der Waals surface area (Å²) in [4.78, 5) is 25.5. The Labute approximate surface area is 146 Å². The Morgan fingerprint density at radius 2 is 1.96 bits per heavy atom. The fourth-order valence-corrected chi connectivity index (χ4v) is 2.55. The highest BCUT2D eigenvalue weighted by molar-refractivity contribution is 5.98. The third-order valence-electron chi connectivity index (χ3n) is 4.14. The maximum absolute atomic E-state index is 14.5. The van der Waals surface area contributed by atoms with Crippen LogP contribution in [0.5, 0.6) is 0 Å². The van der Waals surface area contributed by atoms with Crippen molar-refractivity contribution in [3.8, 4) is 0 Å². The molecule has 0 bridgehead atoms. The Balaban J connectivity index is 2.22. The van der Waals surface area contributed by atoms with Crippen molar-refractivity contribution < 1.29 is 23.1 Å². The molecule has 7 heteroatoms. The molecule has 1 aliphatic rings. The van der Waals surface area contributed by atoms with E-state index in [4.69, 9.17) is 0 Å². The van der Waals surface area contributed by atoms with E-state index in [-0.39, 0.29) is 11.7 Å². The Morgan fingerprint density at radius 3 is 2.56 bits per heavy atom. The largest absolute Gasteiger partial charge is 0.389 e. The van der Waals surface area contributed by atoms with E-state index in [1.165, 1.54) is 0 Å². The minimum absolute atomic E-state index is 0.108. The lowest BCUT2D eigenvalue weighted by Gasteiger charge is -2.35. The summed E-state index contributed by atoms with van der Waals surface area (Å²) in [5.74, 6) is -3.60. The molecule has 1 atom stereocenters. The zero-order valence-corrected chi connectivity index (χ0v) is 15.0. The van der Waals surface area contributed by atoms with Crippen molar-refractivity contribution in [3.05, 3.63) is 29.3 Å². The number of carbonyl (C=O) groups is 2. The summed E-state index contributed by atoms with van der Waals surface area (Å²) in [6, 6.07) is 1.99. The molecule has 0 aliphatic carbocycles. The van der Waals surface area contributed by atoms with Crippen LogP contribution >= 0.6 is 0 Å². The predicted octanol–water partition coefficient (Wildman–Crippen LogP) is 2.88. The number of nitrogens with zero attached hydrogens (tertiary/aromatic N) is 1. The standard InChI is InChI=1S/C18H24F2N2O3/c1-5-11-10-22(7-6-21-11)15-9-13(19)12(8-14(15)20)16(23)25-17(24)18(2,3)4/h8-9,11,21H,5-7,10H2,1-4H3. The molecule has 1 aromatic rings. The molecule has 1 fully saturated rings. The summed E-state index contributed by atoms with van der Waals surface area (Å²) >= 11 is 0. The van der Waals surface area contributed by atoms with Crippen LogP contribution in [-0.2, 0) is 9.53 Å². The van der Waals surface area contributed by atoms with E-state index in [1.54, 1.807) is 25.7 Å². The average Bonchev–Trinajstić information content (AvgIpc) is 2.55. The van der Waals surface area contributed by atoms with Gasteiger partial charge in [-0.1, -0.05) is 6.92 Å². The number of rotatable bonds is 3. The molecule has 1 aliphatic heterocycles. The van der Waals surface area contributed by atoms with Crippen molar-refractivity contribution in [2.45, 2.75) is 40.2 Å². The summed E-state index contributed by atoms with van der Waals surface area (Å²) in [6.07, 6.45) is 0.875. The molecular weight excluding hydrogens is 330 g/mol. The number of ether oxygens (including phenoxy) is 1. The van der Waals surface area contributed by atoms with Gasteiger partial charge in [0.1, 0.15) is 11.6 Å².